The molecule has 3 amide bonds. The maximum absolute atomic E-state index is 14.9. The second-order valence-electron chi connectivity index (χ2n) is 9.55. The highest BCUT2D eigenvalue weighted by Gasteiger charge is 2.42. The number of anilines is 2. The molecule has 0 radical (unpaired) electrons. The van der Waals surface area contributed by atoms with Crippen LogP contribution in [-0.4, -0.2) is 57.4 Å². The van der Waals surface area contributed by atoms with Crippen molar-refractivity contribution in [1.82, 2.24) is 5.32 Å². The first-order chi connectivity index (χ1) is 22.0. The number of rotatable bonds is 16. The topological polar surface area (TPSA) is 215 Å². The fourth-order valence-corrected chi connectivity index (χ4v) is 5.72. The van der Waals surface area contributed by atoms with Crippen LogP contribution in [0.1, 0.15) is 25.2 Å². The lowest BCUT2D eigenvalue weighted by atomic mass is 10.2. The Morgan fingerprint density at radius 1 is 0.761 bits per heavy atom. The van der Waals surface area contributed by atoms with Crippen LogP contribution in [0.5, 0.6) is 11.5 Å². The van der Waals surface area contributed by atoms with Gasteiger partial charge in [-0.15, -0.1) is 0 Å². The molecule has 0 bridgehead atoms. The summed E-state index contributed by atoms with van der Waals surface area (Å²) >= 11 is 0. The summed E-state index contributed by atoms with van der Waals surface area (Å²) in [5.41, 5.74) is 12.6. The number of nitrogens with zero attached hydrogens (tertiary/aromatic N) is 1. The monoisotopic (exact) mass is 656 g/mol. The van der Waals surface area contributed by atoms with Gasteiger partial charge in [-0.25, -0.2) is 14.4 Å². The Labute approximate surface area is 266 Å². The summed E-state index contributed by atoms with van der Waals surface area (Å²) in [7, 11) is -2.91. The molecule has 46 heavy (non-hydrogen) atoms. The van der Waals surface area contributed by atoms with E-state index in [1.54, 1.807) is 48.5 Å². The predicted octanol–water partition coefficient (Wildman–Crippen LogP) is 4.25. The number of carbonyl (C=O) groups is 3. The van der Waals surface area contributed by atoms with Crippen molar-refractivity contribution in [3.05, 3.63) is 78.4 Å². The summed E-state index contributed by atoms with van der Waals surface area (Å²) < 4.78 is 42.4. The van der Waals surface area contributed by atoms with Crippen LogP contribution >= 0.6 is 7.60 Å². The Bertz CT molecular complexity index is 1460. The van der Waals surface area contributed by atoms with Crippen molar-refractivity contribution in [1.29, 1.82) is 0 Å². The number of ether oxygens (including phenoxy) is 3. The third-order valence-electron chi connectivity index (χ3n) is 5.75. The van der Waals surface area contributed by atoms with Gasteiger partial charge in [0.25, 0.3) is 0 Å². The van der Waals surface area contributed by atoms with Crippen LogP contribution in [0.3, 0.4) is 0 Å². The number of nitrogens with one attached hydrogen (secondary N) is 3. The summed E-state index contributed by atoms with van der Waals surface area (Å²) in [6.45, 7) is 3.41. The third kappa shape index (κ3) is 11.8. The minimum Gasteiger partial charge on any atom is -0.447 e. The first-order valence-corrected chi connectivity index (χ1v) is 15.5. The van der Waals surface area contributed by atoms with Crippen LogP contribution in [0.25, 0.3) is 0 Å². The van der Waals surface area contributed by atoms with Crippen molar-refractivity contribution in [2.45, 2.75) is 19.6 Å². The number of hydrogen-bond donors (Lipinski definition) is 5. The minimum atomic E-state index is -4.45. The molecule has 0 aromatic heterocycles. The molecule has 1 atom stereocenters. The molecule has 7 N–H and O–H groups in total. The first-order valence-electron chi connectivity index (χ1n) is 13.9. The minimum absolute atomic E-state index is 0.0978. The number of amides is 3. The van der Waals surface area contributed by atoms with E-state index in [4.69, 9.17) is 34.7 Å². The van der Waals surface area contributed by atoms with Crippen molar-refractivity contribution in [3.8, 4) is 11.5 Å². The molecule has 3 aromatic carbocycles. The van der Waals surface area contributed by atoms with E-state index in [0.29, 0.717) is 35.8 Å². The molecule has 246 valence electrons. The van der Waals surface area contributed by atoms with E-state index in [-0.39, 0.29) is 42.5 Å². The van der Waals surface area contributed by atoms with Gasteiger partial charge >= 0.3 is 13.7 Å². The van der Waals surface area contributed by atoms with Gasteiger partial charge in [-0.3, -0.25) is 9.59 Å². The van der Waals surface area contributed by atoms with Gasteiger partial charge in [-0.05, 0) is 66.2 Å². The van der Waals surface area contributed by atoms with Crippen LogP contribution in [0.2, 0.25) is 0 Å². The smallest absolute Gasteiger partial charge is 0.447 e. The van der Waals surface area contributed by atoms with E-state index < -0.39 is 19.5 Å². The number of methoxy groups -OCH3 is 1. The van der Waals surface area contributed by atoms with Gasteiger partial charge < -0.3 is 50.7 Å². The Hall–Kier alpha value is -5.11. The fraction of sp³-hybridized carbons (Fsp3) is 0.267. The van der Waals surface area contributed by atoms with E-state index in [2.05, 4.69) is 20.9 Å². The van der Waals surface area contributed by atoms with Crippen LogP contribution in [0.15, 0.2) is 77.8 Å². The van der Waals surface area contributed by atoms with Gasteiger partial charge in [0, 0.05) is 32.3 Å². The van der Waals surface area contributed by atoms with E-state index >= 15 is 0 Å². The van der Waals surface area contributed by atoms with Crippen molar-refractivity contribution >= 4 is 48.5 Å². The number of benzene rings is 3. The number of alkyl carbamates (subject to hydrolysis) is 1. The van der Waals surface area contributed by atoms with Crippen LogP contribution < -0.4 is 36.5 Å². The van der Waals surface area contributed by atoms with Crippen molar-refractivity contribution < 1.29 is 42.2 Å². The molecule has 3 rings (SSSR count). The van der Waals surface area contributed by atoms with Gasteiger partial charge in [0.05, 0.1) is 25.5 Å². The van der Waals surface area contributed by atoms with Crippen LogP contribution in [0, 0.1) is 0 Å². The second kappa shape index (κ2) is 17.4. The van der Waals surface area contributed by atoms with Crippen molar-refractivity contribution in [2.75, 3.05) is 44.2 Å². The number of guanidine groups is 1. The quantitative estimate of drug-likeness (QED) is 0.0636. The summed E-state index contributed by atoms with van der Waals surface area (Å²) in [5, 5.41) is 7.87. The lowest BCUT2D eigenvalue weighted by molar-refractivity contribution is -0.115. The van der Waals surface area contributed by atoms with Gasteiger partial charge in [-0.1, -0.05) is 12.1 Å². The van der Waals surface area contributed by atoms with Crippen molar-refractivity contribution in [2.24, 2.45) is 16.5 Å². The van der Waals surface area contributed by atoms with Gasteiger partial charge in [0.2, 0.25) is 11.8 Å². The van der Waals surface area contributed by atoms with Gasteiger partial charge in [0.1, 0.15) is 18.1 Å². The summed E-state index contributed by atoms with van der Waals surface area (Å²) in [6, 6.07) is 18.3. The molecular weight excluding hydrogens is 619 g/mol. The van der Waals surface area contributed by atoms with Crippen LogP contribution in [-0.2, 0) is 28.4 Å². The fourth-order valence-electron chi connectivity index (χ4n) is 3.84. The Morgan fingerprint density at radius 2 is 1.26 bits per heavy atom. The molecule has 3 aromatic rings. The maximum atomic E-state index is 14.9. The average molecular weight is 657 g/mol. The number of nitrogens with two attached hydrogens (primary N) is 2. The zero-order valence-electron chi connectivity index (χ0n) is 25.6. The molecule has 0 heterocycles. The molecule has 0 spiro atoms. The molecule has 0 fully saturated rings. The SMILES string of the molecule is COCCOCCOC(=O)NC(c1ccc(N=C(N)N)cc1)P(=O)(Oc1ccc(NC(C)=O)cc1)Oc1ccc(NC(C)=O)cc1. The van der Waals surface area contributed by atoms with E-state index in [1.165, 1.54) is 45.2 Å². The average Bonchev–Trinajstić information content (AvgIpc) is 2.99. The number of hydrogen-bond acceptors (Lipinski definition) is 10. The summed E-state index contributed by atoms with van der Waals surface area (Å²) in [6.07, 6.45) is -0.928. The zero-order chi connectivity index (χ0) is 33.5. The molecular formula is C30H37N6O9P. The maximum Gasteiger partial charge on any atom is 0.457 e. The van der Waals surface area contributed by atoms with Crippen molar-refractivity contribution in [3.63, 3.8) is 0 Å². The van der Waals surface area contributed by atoms with E-state index in [0.717, 1.165) is 0 Å². The predicted molar refractivity (Wildman–Crippen MR) is 172 cm³/mol. The largest absolute Gasteiger partial charge is 0.457 e. The highest BCUT2D eigenvalue weighted by molar-refractivity contribution is 7.55. The van der Waals surface area contributed by atoms with E-state index in [9.17, 15) is 18.9 Å². The Kier molecular flexibility index (Phi) is 13.4. The van der Waals surface area contributed by atoms with Gasteiger partial charge in [-0.2, -0.15) is 0 Å². The lowest BCUT2D eigenvalue weighted by Crippen LogP contribution is -2.32. The zero-order valence-corrected chi connectivity index (χ0v) is 26.5. The second-order valence-corrected chi connectivity index (χ2v) is 11.5. The molecule has 0 saturated heterocycles. The highest BCUT2D eigenvalue weighted by atomic mass is 31.2. The normalized spacial score (nSPS) is 11.5. The van der Waals surface area contributed by atoms with Gasteiger partial charge in [0.15, 0.2) is 11.7 Å². The molecule has 15 nitrogen and oxygen atoms in total. The number of carbonyl (C=O) groups excluding carboxylic acids is 3. The molecule has 0 aliphatic heterocycles. The third-order valence-corrected chi connectivity index (χ3v) is 7.74. The standard InChI is InChI=1S/C30H37N6O9P/c1-20(37)33-23-8-12-26(13-9-23)44-46(40,45-27-14-10-24(11-15-27)34-21(2)38)28(22-4-6-25(7-5-22)35-29(31)32)36-30(39)43-19-18-42-17-16-41-3/h4-15,28H,16-19H2,1-3H3,(H,33,37)(H,34,38)(H,36,39)(H4,31,32,35). The number of aliphatic imine (C=N–C) groups is 1. The Morgan fingerprint density at radius 3 is 1.72 bits per heavy atom. The molecule has 0 aliphatic rings. The summed E-state index contributed by atoms with van der Waals surface area (Å²) in [5.74, 6) is -1.93. The molecule has 0 aliphatic carbocycles. The van der Waals surface area contributed by atoms with Crippen LogP contribution in [0.4, 0.5) is 21.9 Å². The molecule has 1 unspecified atom stereocenters. The summed E-state index contributed by atoms with van der Waals surface area (Å²) in [4.78, 5) is 39.9. The van der Waals surface area contributed by atoms with E-state index in [1.807, 2.05) is 0 Å². The molecule has 0 saturated carbocycles. The first kappa shape index (κ1) is 35.4. The highest BCUT2D eigenvalue weighted by Crippen LogP contribution is 2.59. The molecule has 16 heteroatoms. The lowest BCUT2D eigenvalue weighted by Gasteiger charge is -2.28. The Balaban J connectivity index is 1.99.